The molecule has 6 heterocycles. The van der Waals surface area contributed by atoms with Crippen molar-refractivity contribution in [3.63, 3.8) is 0 Å². The van der Waals surface area contributed by atoms with Gasteiger partial charge in [0, 0.05) is 61.8 Å². The number of para-hydroxylation sites is 8. The van der Waals surface area contributed by atoms with Crippen LogP contribution in [-0.2, 0) is 25.6 Å². The van der Waals surface area contributed by atoms with Gasteiger partial charge in [-0.1, -0.05) is 164 Å². The number of pyridine rings is 1. The summed E-state index contributed by atoms with van der Waals surface area (Å²) in [6.45, 7) is 5.53. The van der Waals surface area contributed by atoms with Crippen molar-refractivity contribution in [1.29, 1.82) is 0 Å². The highest BCUT2D eigenvalue weighted by Crippen LogP contribution is 2.42. The zero-order valence-corrected chi connectivity index (χ0v) is 58.3. The van der Waals surface area contributed by atoms with Gasteiger partial charge < -0.3 is 0 Å². The fourth-order valence-corrected chi connectivity index (χ4v) is 14.5. The number of fused-ring (bicyclic) bond motifs is 7. The van der Waals surface area contributed by atoms with Crippen LogP contribution in [0, 0.1) is 19.8 Å². The molecule has 0 fully saturated rings. The van der Waals surface area contributed by atoms with Crippen molar-refractivity contribution in [2.75, 3.05) is 19.6 Å². The molecule has 2 aliphatic carbocycles. The summed E-state index contributed by atoms with van der Waals surface area (Å²) in [5.74, 6) is -1.57. The maximum atomic E-state index is 13.2. The fourth-order valence-electron chi connectivity index (χ4n) is 13.6. The summed E-state index contributed by atoms with van der Waals surface area (Å²) >= 11 is 1.63. The average Bonchev–Trinajstić information content (AvgIpc) is 1.15. The second kappa shape index (κ2) is 28.5. The van der Waals surface area contributed by atoms with Crippen molar-refractivity contribution < 1.29 is 28.8 Å². The lowest BCUT2D eigenvalue weighted by molar-refractivity contribution is -0.112. The quantitative estimate of drug-likeness (QED) is 0.134. The number of anilines is 8. The zero-order valence-electron chi connectivity index (χ0n) is 57.5. The summed E-state index contributed by atoms with van der Waals surface area (Å²) in [6.07, 6.45) is 6.91. The molecule has 510 valence electrons. The Morgan fingerprint density at radius 1 is 0.368 bits per heavy atom. The third-order valence-electron chi connectivity index (χ3n) is 18.7. The molecular formula is C89H62N10O6S. The molecule has 0 spiro atoms. The number of ketones is 2. The van der Waals surface area contributed by atoms with Gasteiger partial charge >= 0.3 is 0 Å². The van der Waals surface area contributed by atoms with E-state index in [0.29, 0.717) is 45.3 Å². The van der Waals surface area contributed by atoms with Crippen molar-refractivity contribution in [3.05, 3.63) is 353 Å². The number of Topliss-reactive ketones (excluding diaryl/α,β-unsaturated/α-hetero) is 2. The summed E-state index contributed by atoms with van der Waals surface area (Å²) < 4.78 is 1.08. The van der Waals surface area contributed by atoms with Crippen LogP contribution in [0.3, 0.4) is 0 Å². The molecule has 13 aromatic rings. The minimum absolute atomic E-state index is 0.0894. The van der Waals surface area contributed by atoms with Gasteiger partial charge in [0.1, 0.15) is 22.8 Å². The standard InChI is InChI=1S/C24H16N2O3.C23H16N2O.C22H15N3OS.C20H15N3O/c1-14-22(27)17-12-11-15(13-19(17)23(14)28)25-21-18-9-5-6-10-20(18)26(24(21)29)16-7-3-2-4-8-16;26-23-22(24-18-14-13-16-7-6-8-17(16)15-18)20-11-4-5-12-21(20)25(23)19-9-2-1-3-10-19;1-14-23-18-12-11-15(13-20(18)27-14)24-21-17-9-5-6-10-19(17)25(22(21)26)16-7-3-2-4-8-16;1-14-11-12-15(13-21-14)22-19-17-9-5-6-10-18(17)23(20(19)24)16-7-3-2-4-8-16/h2-14H,1H3;1-6,8-15H,7H2;2-13H,1H3;2-13H,1H3. The lowest BCUT2D eigenvalue weighted by atomic mass is 10.1. The van der Waals surface area contributed by atoms with Crippen LogP contribution in [0.5, 0.6) is 0 Å². The first kappa shape index (κ1) is 66.6. The van der Waals surface area contributed by atoms with Gasteiger partial charge in [0.2, 0.25) is 0 Å². The van der Waals surface area contributed by atoms with Crippen molar-refractivity contribution in [2.24, 2.45) is 25.9 Å². The molecule has 1 atom stereocenters. The first-order chi connectivity index (χ1) is 51.8. The van der Waals surface area contributed by atoms with Crippen LogP contribution in [-0.4, -0.2) is 68.0 Å². The Bertz CT molecular complexity index is 5890. The number of aromatic nitrogens is 2. The van der Waals surface area contributed by atoms with E-state index in [0.717, 1.165) is 106 Å². The number of aliphatic imine (C=N–C) groups is 4. The molecule has 0 bridgehead atoms. The number of hydrogen-bond acceptors (Lipinski definition) is 13. The Kier molecular flexibility index (Phi) is 17.9. The molecule has 16 nitrogen and oxygen atoms in total. The zero-order chi connectivity index (χ0) is 72.5. The van der Waals surface area contributed by atoms with Crippen LogP contribution in [0.1, 0.15) is 71.7 Å². The van der Waals surface area contributed by atoms with E-state index in [1.54, 1.807) is 62.3 Å². The monoisotopic (exact) mass is 1400 g/mol. The molecule has 2 aromatic heterocycles. The van der Waals surface area contributed by atoms with Crippen LogP contribution in [0.2, 0.25) is 0 Å². The first-order valence-electron chi connectivity index (χ1n) is 34.4. The Morgan fingerprint density at radius 2 is 0.736 bits per heavy atom. The Labute approximate surface area is 614 Å². The van der Waals surface area contributed by atoms with E-state index in [-0.39, 0.29) is 35.2 Å². The van der Waals surface area contributed by atoms with Gasteiger partial charge in [-0.2, -0.15) is 0 Å². The van der Waals surface area contributed by atoms with E-state index in [1.165, 1.54) is 11.1 Å². The number of rotatable bonds is 8. The molecule has 4 aliphatic heterocycles. The molecule has 4 amide bonds. The average molecular weight is 1400 g/mol. The molecule has 11 aromatic carbocycles. The van der Waals surface area contributed by atoms with Gasteiger partial charge in [0.25, 0.3) is 23.6 Å². The number of carbonyl (C=O) groups is 6. The molecule has 106 heavy (non-hydrogen) atoms. The van der Waals surface area contributed by atoms with Crippen molar-refractivity contribution in [1.82, 2.24) is 9.97 Å². The Balaban J connectivity index is 0.000000109. The summed E-state index contributed by atoms with van der Waals surface area (Å²) in [5, 5.41) is 1.02. The predicted molar refractivity (Wildman–Crippen MR) is 422 cm³/mol. The largest absolute Gasteiger partial charge is 0.293 e. The summed E-state index contributed by atoms with van der Waals surface area (Å²) in [6, 6.07) is 89.9. The normalized spacial score (nSPS) is 16.4. The highest BCUT2D eigenvalue weighted by atomic mass is 32.1. The van der Waals surface area contributed by atoms with E-state index in [1.807, 2.05) is 275 Å². The molecule has 0 saturated heterocycles. The van der Waals surface area contributed by atoms with Crippen LogP contribution in [0.15, 0.2) is 317 Å². The number of nitrogens with zero attached hydrogens (tertiary/aromatic N) is 10. The fraction of sp³-hybridized carbons (Fsp3) is 0.0562. The summed E-state index contributed by atoms with van der Waals surface area (Å²) in [7, 11) is 0. The van der Waals surface area contributed by atoms with Gasteiger partial charge in [0.05, 0.1) is 72.8 Å². The molecule has 17 heteroatoms. The highest BCUT2D eigenvalue weighted by molar-refractivity contribution is 7.18. The molecule has 1 unspecified atom stereocenters. The van der Waals surface area contributed by atoms with Crippen LogP contribution >= 0.6 is 11.3 Å². The van der Waals surface area contributed by atoms with Gasteiger partial charge in [-0.15, -0.1) is 11.3 Å². The second-order valence-corrected chi connectivity index (χ2v) is 26.8. The predicted octanol–water partition coefficient (Wildman–Crippen LogP) is 19.1. The third-order valence-corrected chi connectivity index (χ3v) is 19.6. The summed E-state index contributed by atoms with van der Waals surface area (Å²) in [4.78, 5) is 111. The molecular weight excluding hydrogens is 1340 g/mol. The van der Waals surface area contributed by atoms with E-state index in [9.17, 15) is 28.8 Å². The van der Waals surface area contributed by atoms with E-state index in [2.05, 4.69) is 38.2 Å². The molecule has 0 N–H and O–H groups in total. The number of allylic oxidation sites excluding steroid dienone is 1. The van der Waals surface area contributed by atoms with Crippen molar-refractivity contribution >= 4 is 154 Å². The number of amides is 4. The van der Waals surface area contributed by atoms with Gasteiger partial charge in [0.15, 0.2) is 11.6 Å². The van der Waals surface area contributed by atoms with Crippen LogP contribution in [0.25, 0.3) is 16.3 Å². The van der Waals surface area contributed by atoms with Gasteiger partial charge in [-0.05, 0) is 172 Å². The minimum Gasteiger partial charge on any atom is -0.293 e. The van der Waals surface area contributed by atoms with Gasteiger partial charge in [-0.3, -0.25) is 53.4 Å². The topological polar surface area (TPSA) is 191 Å². The third kappa shape index (κ3) is 12.7. The number of hydrogen-bond donors (Lipinski definition) is 0. The molecule has 6 aliphatic rings. The van der Waals surface area contributed by atoms with Crippen LogP contribution in [0.4, 0.5) is 68.2 Å². The first-order valence-corrected chi connectivity index (χ1v) is 35.3. The number of aryl methyl sites for hydroxylation is 2. The molecule has 0 saturated carbocycles. The van der Waals surface area contributed by atoms with Gasteiger partial charge in [-0.25, -0.2) is 25.0 Å². The second-order valence-electron chi connectivity index (χ2n) is 25.5. The van der Waals surface area contributed by atoms with E-state index in [4.69, 9.17) is 9.98 Å². The van der Waals surface area contributed by atoms with Crippen molar-refractivity contribution in [3.8, 4) is 0 Å². The van der Waals surface area contributed by atoms with Crippen molar-refractivity contribution in [2.45, 2.75) is 27.2 Å². The van der Waals surface area contributed by atoms with E-state index < -0.39 is 5.92 Å². The summed E-state index contributed by atoms with van der Waals surface area (Å²) in [5.41, 5.74) is 19.6. The lowest BCUT2D eigenvalue weighted by Gasteiger charge is -2.16. The van der Waals surface area contributed by atoms with E-state index >= 15 is 0 Å². The SMILES string of the molecule is CC1C(=O)c2ccc(N=C3C(=O)N(c4ccccc4)c4ccccc43)cc2C1=O.Cc1ccc(N=C2C(=O)N(c3ccccc3)c3ccccc32)cn1.Cc1nc2ccc(N=C3C(=O)N(c4ccccc4)c4ccccc43)cc2s1.O=C1C(=Nc2ccc3c(c2)C=CC3)c2ccccc2N1c1ccccc1. The number of carbonyl (C=O) groups excluding carboxylic acids is 6. The maximum Gasteiger partial charge on any atom is 0.282 e. The number of benzene rings is 11. The number of thiazole rings is 1. The smallest absolute Gasteiger partial charge is 0.282 e. The molecule has 0 radical (unpaired) electrons. The molecule has 19 rings (SSSR count). The lowest BCUT2D eigenvalue weighted by Crippen LogP contribution is -2.25. The maximum absolute atomic E-state index is 13.2. The minimum atomic E-state index is -0.657. The Hall–Kier alpha value is -13.9. The highest BCUT2D eigenvalue weighted by Gasteiger charge is 2.40. The Morgan fingerprint density at radius 3 is 1.17 bits per heavy atom. The van der Waals surface area contributed by atoms with Crippen LogP contribution < -0.4 is 19.6 Å².